The number of amides is 1. The zero-order valence-electron chi connectivity index (χ0n) is 10.6. The second-order valence-corrected chi connectivity index (χ2v) is 5.03. The van der Waals surface area contributed by atoms with Gasteiger partial charge in [-0.25, -0.2) is 0 Å². The van der Waals surface area contributed by atoms with Crippen LogP contribution in [0.1, 0.15) is 23.4 Å². The molecular formula is C13H18N2O3. The number of carbonyl (C=O) groups excluding carboxylic acids is 1. The van der Waals surface area contributed by atoms with E-state index < -0.39 is 5.72 Å². The molecule has 5 heteroatoms. The van der Waals surface area contributed by atoms with Crippen molar-refractivity contribution in [3.05, 3.63) is 24.2 Å². The van der Waals surface area contributed by atoms with Gasteiger partial charge in [0.2, 0.25) is 0 Å². The Labute approximate surface area is 106 Å². The van der Waals surface area contributed by atoms with Gasteiger partial charge in [-0.2, -0.15) is 0 Å². The van der Waals surface area contributed by atoms with Gasteiger partial charge in [0.25, 0.3) is 5.91 Å². The Morgan fingerprint density at radius 2 is 2.11 bits per heavy atom. The largest absolute Gasteiger partial charge is 0.459 e. The van der Waals surface area contributed by atoms with Gasteiger partial charge in [-0.1, -0.05) is 0 Å². The first-order valence-corrected chi connectivity index (χ1v) is 6.39. The van der Waals surface area contributed by atoms with Crippen LogP contribution in [0.2, 0.25) is 0 Å². The van der Waals surface area contributed by atoms with Crippen molar-refractivity contribution >= 4 is 5.91 Å². The highest BCUT2D eigenvalue weighted by Crippen LogP contribution is 2.34. The number of nitrogens with zero attached hydrogens (tertiary/aromatic N) is 2. The van der Waals surface area contributed by atoms with Crippen molar-refractivity contribution < 1.29 is 13.9 Å². The summed E-state index contributed by atoms with van der Waals surface area (Å²) in [6.07, 6.45) is 3.28. The Morgan fingerprint density at radius 3 is 2.78 bits per heavy atom. The molecule has 0 saturated carbocycles. The van der Waals surface area contributed by atoms with Crippen LogP contribution in [0, 0.1) is 0 Å². The summed E-state index contributed by atoms with van der Waals surface area (Å²) in [7, 11) is 2.10. The highest BCUT2D eigenvalue weighted by molar-refractivity contribution is 5.92. The van der Waals surface area contributed by atoms with Crippen LogP contribution in [0.4, 0.5) is 0 Å². The number of ether oxygens (including phenoxy) is 1. The molecule has 18 heavy (non-hydrogen) atoms. The topological polar surface area (TPSA) is 45.9 Å². The molecule has 5 nitrogen and oxygen atoms in total. The molecule has 2 aliphatic rings. The molecule has 0 N–H and O–H groups in total. The third-order valence-corrected chi connectivity index (χ3v) is 3.92. The van der Waals surface area contributed by atoms with Crippen LogP contribution in [0.3, 0.4) is 0 Å². The highest BCUT2D eigenvalue weighted by Gasteiger charge is 2.47. The Bertz CT molecular complexity index is 421. The fraction of sp³-hybridized carbons (Fsp3) is 0.615. The normalized spacial score (nSPS) is 23.7. The van der Waals surface area contributed by atoms with Gasteiger partial charge < -0.3 is 19.0 Å². The molecule has 0 atom stereocenters. The molecular weight excluding hydrogens is 232 g/mol. The summed E-state index contributed by atoms with van der Waals surface area (Å²) in [5, 5.41) is 0. The van der Waals surface area contributed by atoms with E-state index >= 15 is 0 Å². The fourth-order valence-electron chi connectivity index (χ4n) is 2.81. The molecule has 3 heterocycles. The minimum absolute atomic E-state index is 0.0537. The van der Waals surface area contributed by atoms with Gasteiger partial charge >= 0.3 is 0 Å². The first-order valence-electron chi connectivity index (χ1n) is 6.39. The van der Waals surface area contributed by atoms with Gasteiger partial charge in [-0.3, -0.25) is 4.79 Å². The smallest absolute Gasteiger partial charge is 0.291 e. The van der Waals surface area contributed by atoms with Crippen LogP contribution in [0.5, 0.6) is 0 Å². The summed E-state index contributed by atoms with van der Waals surface area (Å²) in [4.78, 5) is 16.5. The average molecular weight is 250 g/mol. The molecule has 3 rings (SSSR count). The third kappa shape index (κ3) is 1.83. The maximum absolute atomic E-state index is 12.4. The Kier molecular flexibility index (Phi) is 2.87. The van der Waals surface area contributed by atoms with Crippen molar-refractivity contribution in [3.63, 3.8) is 0 Å². The van der Waals surface area contributed by atoms with Gasteiger partial charge in [0.05, 0.1) is 12.9 Å². The predicted octanol–water partition coefficient (Wildman–Crippen LogP) is 1.17. The zero-order valence-corrected chi connectivity index (χ0v) is 10.6. The lowest BCUT2D eigenvalue weighted by atomic mass is 9.99. The number of carbonyl (C=O) groups is 1. The quantitative estimate of drug-likeness (QED) is 0.750. The van der Waals surface area contributed by atoms with Crippen LogP contribution in [-0.4, -0.2) is 54.7 Å². The SMILES string of the molecule is CN1CCC2(CC1)OCCN2C(=O)c1ccco1. The van der Waals surface area contributed by atoms with Gasteiger partial charge in [0, 0.05) is 32.5 Å². The van der Waals surface area contributed by atoms with E-state index in [1.807, 2.05) is 4.90 Å². The van der Waals surface area contributed by atoms with E-state index in [2.05, 4.69) is 11.9 Å². The van der Waals surface area contributed by atoms with Crippen molar-refractivity contribution in [3.8, 4) is 0 Å². The second-order valence-electron chi connectivity index (χ2n) is 5.03. The fourth-order valence-corrected chi connectivity index (χ4v) is 2.81. The third-order valence-electron chi connectivity index (χ3n) is 3.92. The molecule has 0 aliphatic carbocycles. The number of rotatable bonds is 1. The monoisotopic (exact) mass is 250 g/mol. The van der Waals surface area contributed by atoms with Gasteiger partial charge in [0.1, 0.15) is 5.72 Å². The number of furan rings is 1. The lowest BCUT2D eigenvalue weighted by Crippen LogP contribution is -2.54. The van der Waals surface area contributed by atoms with E-state index in [1.54, 1.807) is 12.1 Å². The van der Waals surface area contributed by atoms with Crippen LogP contribution in [0.15, 0.2) is 22.8 Å². The van der Waals surface area contributed by atoms with E-state index in [9.17, 15) is 4.79 Å². The lowest BCUT2D eigenvalue weighted by molar-refractivity contribution is -0.103. The van der Waals surface area contributed by atoms with E-state index in [-0.39, 0.29) is 5.91 Å². The Morgan fingerprint density at radius 1 is 1.33 bits per heavy atom. The number of hydrogen-bond donors (Lipinski definition) is 0. The van der Waals surface area contributed by atoms with Gasteiger partial charge in [-0.15, -0.1) is 0 Å². The average Bonchev–Trinajstić information content (AvgIpc) is 3.03. The first-order chi connectivity index (χ1) is 8.71. The molecule has 0 aromatic carbocycles. The van der Waals surface area contributed by atoms with Crippen LogP contribution in [-0.2, 0) is 4.74 Å². The van der Waals surface area contributed by atoms with E-state index in [0.29, 0.717) is 18.9 Å². The number of piperidine rings is 1. The zero-order chi connectivity index (χ0) is 12.6. The van der Waals surface area contributed by atoms with Crippen LogP contribution < -0.4 is 0 Å². The van der Waals surface area contributed by atoms with E-state index in [4.69, 9.17) is 9.15 Å². The standard InChI is InChI=1S/C13H18N2O3/c1-14-6-4-13(5-7-14)15(8-10-18-13)12(16)11-3-2-9-17-11/h2-3,9H,4-8,10H2,1H3. The summed E-state index contributed by atoms with van der Waals surface area (Å²) in [5.41, 5.74) is -0.406. The van der Waals surface area contributed by atoms with Crippen LogP contribution in [0.25, 0.3) is 0 Å². The molecule has 0 unspecified atom stereocenters. The van der Waals surface area contributed by atoms with Crippen molar-refractivity contribution in [1.29, 1.82) is 0 Å². The summed E-state index contributed by atoms with van der Waals surface area (Å²) >= 11 is 0. The summed E-state index contributed by atoms with van der Waals surface area (Å²) in [5.74, 6) is 0.348. The van der Waals surface area contributed by atoms with Crippen LogP contribution >= 0.6 is 0 Å². The summed E-state index contributed by atoms with van der Waals surface area (Å²) in [6.45, 7) is 3.20. The van der Waals surface area contributed by atoms with Gasteiger partial charge in [-0.05, 0) is 19.2 Å². The second kappa shape index (κ2) is 4.40. The summed E-state index contributed by atoms with van der Waals surface area (Å²) < 4.78 is 11.1. The molecule has 1 aromatic rings. The molecule has 0 bridgehead atoms. The summed E-state index contributed by atoms with van der Waals surface area (Å²) in [6, 6.07) is 3.45. The number of hydrogen-bond acceptors (Lipinski definition) is 4. The first kappa shape index (κ1) is 11.7. The molecule has 0 radical (unpaired) electrons. The van der Waals surface area contributed by atoms with E-state index in [1.165, 1.54) is 6.26 Å². The van der Waals surface area contributed by atoms with Crippen molar-refractivity contribution in [2.24, 2.45) is 0 Å². The molecule has 1 aromatic heterocycles. The maximum Gasteiger partial charge on any atom is 0.291 e. The maximum atomic E-state index is 12.4. The molecule has 2 saturated heterocycles. The molecule has 1 spiro atoms. The van der Waals surface area contributed by atoms with E-state index in [0.717, 1.165) is 25.9 Å². The molecule has 98 valence electrons. The molecule has 2 fully saturated rings. The Balaban J connectivity index is 1.81. The predicted molar refractivity (Wildman–Crippen MR) is 65.2 cm³/mol. The minimum Gasteiger partial charge on any atom is -0.459 e. The number of likely N-dealkylation sites (tertiary alicyclic amines) is 1. The molecule has 1 amide bonds. The highest BCUT2D eigenvalue weighted by atomic mass is 16.5. The Hall–Kier alpha value is -1.33. The van der Waals surface area contributed by atoms with Gasteiger partial charge in [0.15, 0.2) is 5.76 Å². The minimum atomic E-state index is -0.406. The molecule has 2 aliphatic heterocycles. The van der Waals surface area contributed by atoms with Crippen molar-refractivity contribution in [1.82, 2.24) is 9.80 Å². The van der Waals surface area contributed by atoms with Crippen molar-refractivity contribution in [2.75, 3.05) is 33.3 Å². The van der Waals surface area contributed by atoms with Crippen molar-refractivity contribution in [2.45, 2.75) is 18.6 Å². The lowest BCUT2D eigenvalue weighted by Gasteiger charge is -2.42.